The summed E-state index contributed by atoms with van der Waals surface area (Å²) in [7, 11) is 3.04. The van der Waals surface area contributed by atoms with E-state index in [-0.39, 0.29) is 10.6 Å². The van der Waals surface area contributed by atoms with E-state index in [4.69, 9.17) is 21.1 Å². The summed E-state index contributed by atoms with van der Waals surface area (Å²) >= 11 is 5.84. The molecule has 0 atom stereocenters. The van der Waals surface area contributed by atoms with Crippen molar-refractivity contribution in [2.45, 2.75) is 6.61 Å². The molecule has 0 spiro atoms. The highest BCUT2D eigenvalue weighted by Gasteiger charge is 2.12. The quantitative estimate of drug-likeness (QED) is 0.864. The van der Waals surface area contributed by atoms with Crippen molar-refractivity contribution in [1.82, 2.24) is 10.2 Å². The maximum Gasteiger partial charge on any atom is 0.138 e. The number of nitrogens with zero attached hydrogens (tertiary/aromatic N) is 2. The first-order chi connectivity index (χ1) is 9.15. The minimum absolute atomic E-state index is 0.215. The zero-order chi connectivity index (χ0) is 13.8. The van der Waals surface area contributed by atoms with Crippen LogP contribution in [-0.2, 0) is 11.3 Å². The van der Waals surface area contributed by atoms with Crippen LogP contribution < -0.4 is 4.74 Å². The lowest BCUT2D eigenvalue weighted by atomic mass is 10.1. The first-order valence-corrected chi connectivity index (χ1v) is 5.88. The Hall–Kier alpha value is -1.72. The highest BCUT2D eigenvalue weighted by molar-refractivity contribution is 6.32. The second-order valence-corrected chi connectivity index (χ2v) is 4.22. The molecule has 0 amide bonds. The van der Waals surface area contributed by atoms with Crippen LogP contribution >= 0.6 is 11.6 Å². The summed E-state index contributed by atoms with van der Waals surface area (Å²) in [6.45, 7) is 0.361. The molecule has 19 heavy (non-hydrogen) atoms. The zero-order valence-corrected chi connectivity index (χ0v) is 11.2. The molecule has 1 heterocycles. The van der Waals surface area contributed by atoms with Gasteiger partial charge in [0.1, 0.15) is 11.6 Å². The molecule has 0 bridgehead atoms. The fourth-order valence-corrected chi connectivity index (χ4v) is 1.84. The molecule has 1 aromatic heterocycles. The Morgan fingerprint density at radius 3 is 2.58 bits per heavy atom. The predicted octanol–water partition coefficient (Wildman–Crippen LogP) is 3.09. The van der Waals surface area contributed by atoms with E-state index in [0.29, 0.717) is 23.7 Å². The maximum atomic E-state index is 13.9. The maximum absolute atomic E-state index is 13.9. The van der Waals surface area contributed by atoms with E-state index >= 15 is 0 Å². The Balaban J connectivity index is 2.40. The van der Waals surface area contributed by atoms with E-state index in [9.17, 15) is 4.39 Å². The molecule has 0 aliphatic rings. The number of hydrogen-bond acceptors (Lipinski definition) is 4. The molecule has 6 heteroatoms. The van der Waals surface area contributed by atoms with Gasteiger partial charge in [-0.05, 0) is 24.3 Å². The number of hydrogen-bond donors (Lipinski definition) is 0. The standard InChI is InChI=1S/C13H12ClFN2O2/c1-18-7-8-3-4-12(17-16-8)9-5-13(19-2)10(14)6-11(9)15/h3-6H,7H2,1-2H3. The normalized spacial score (nSPS) is 10.5. The minimum atomic E-state index is -0.473. The SMILES string of the molecule is COCc1ccc(-c2cc(OC)c(Cl)cc2F)nn1. The van der Waals surface area contributed by atoms with Crippen molar-refractivity contribution in [2.75, 3.05) is 14.2 Å². The molecule has 2 rings (SSSR count). The van der Waals surface area contributed by atoms with Crippen LogP contribution in [0.25, 0.3) is 11.3 Å². The van der Waals surface area contributed by atoms with Crippen LogP contribution in [0.2, 0.25) is 5.02 Å². The largest absolute Gasteiger partial charge is 0.495 e. The van der Waals surface area contributed by atoms with Gasteiger partial charge in [0.15, 0.2) is 0 Å². The molecule has 2 aromatic rings. The van der Waals surface area contributed by atoms with Crippen molar-refractivity contribution >= 4 is 11.6 Å². The summed E-state index contributed by atoms with van der Waals surface area (Å²) in [6, 6.07) is 6.09. The van der Waals surface area contributed by atoms with Crippen LogP contribution in [0.4, 0.5) is 4.39 Å². The number of benzene rings is 1. The van der Waals surface area contributed by atoms with Crippen molar-refractivity contribution in [3.8, 4) is 17.0 Å². The molecule has 0 saturated heterocycles. The predicted molar refractivity (Wildman–Crippen MR) is 69.7 cm³/mol. The lowest BCUT2D eigenvalue weighted by Crippen LogP contribution is -1.97. The van der Waals surface area contributed by atoms with Gasteiger partial charge in [-0.1, -0.05) is 11.6 Å². The third-order valence-electron chi connectivity index (χ3n) is 2.53. The number of aromatic nitrogens is 2. The summed E-state index contributed by atoms with van der Waals surface area (Å²) in [4.78, 5) is 0. The fraction of sp³-hybridized carbons (Fsp3) is 0.231. The van der Waals surface area contributed by atoms with Crippen LogP contribution in [0, 0.1) is 5.82 Å². The van der Waals surface area contributed by atoms with E-state index in [0.717, 1.165) is 0 Å². The summed E-state index contributed by atoms with van der Waals surface area (Å²) in [5.41, 5.74) is 1.37. The molecule has 0 saturated carbocycles. The average Bonchev–Trinajstić information content (AvgIpc) is 2.41. The minimum Gasteiger partial charge on any atom is -0.495 e. The second kappa shape index (κ2) is 5.95. The monoisotopic (exact) mass is 282 g/mol. The Morgan fingerprint density at radius 1 is 1.21 bits per heavy atom. The lowest BCUT2D eigenvalue weighted by molar-refractivity contribution is 0.180. The van der Waals surface area contributed by atoms with Crippen molar-refractivity contribution in [2.24, 2.45) is 0 Å². The molecule has 0 fully saturated rings. The van der Waals surface area contributed by atoms with Crippen LogP contribution in [0.5, 0.6) is 5.75 Å². The van der Waals surface area contributed by atoms with Gasteiger partial charge in [0.05, 0.1) is 30.1 Å². The third-order valence-corrected chi connectivity index (χ3v) is 2.82. The average molecular weight is 283 g/mol. The first kappa shape index (κ1) is 13.7. The Labute approximate surface area is 115 Å². The smallest absolute Gasteiger partial charge is 0.138 e. The Morgan fingerprint density at radius 2 is 2.00 bits per heavy atom. The zero-order valence-electron chi connectivity index (χ0n) is 10.5. The van der Waals surface area contributed by atoms with Crippen LogP contribution in [0.15, 0.2) is 24.3 Å². The van der Waals surface area contributed by atoms with Gasteiger partial charge in [0.2, 0.25) is 0 Å². The Bertz CT molecular complexity index is 576. The molecule has 0 aliphatic carbocycles. The van der Waals surface area contributed by atoms with E-state index in [1.54, 1.807) is 19.2 Å². The molecule has 0 N–H and O–H groups in total. The Kier molecular flexibility index (Phi) is 4.29. The molecule has 1 aromatic carbocycles. The van der Waals surface area contributed by atoms with Gasteiger partial charge >= 0.3 is 0 Å². The van der Waals surface area contributed by atoms with Gasteiger partial charge in [-0.2, -0.15) is 10.2 Å². The molecule has 0 radical (unpaired) electrons. The van der Waals surface area contributed by atoms with E-state index < -0.39 is 5.82 Å². The highest BCUT2D eigenvalue weighted by atomic mass is 35.5. The molecule has 100 valence electrons. The third kappa shape index (κ3) is 3.00. The molecular weight excluding hydrogens is 271 g/mol. The second-order valence-electron chi connectivity index (χ2n) is 3.81. The number of ether oxygens (including phenoxy) is 2. The van der Waals surface area contributed by atoms with Crippen molar-refractivity contribution < 1.29 is 13.9 Å². The van der Waals surface area contributed by atoms with Crippen LogP contribution in [0.3, 0.4) is 0 Å². The summed E-state index contributed by atoms with van der Waals surface area (Å²) < 4.78 is 23.9. The number of halogens is 2. The molecule has 0 unspecified atom stereocenters. The van der Waals surface area contributed by atoms with Gasteiger partial charge < -0.3 is 9.47 Å². The van der Waals surface area contributed by atoms with E-state index in [1.807, 2.05) is 0 Å². The fourth-order valence-electron chi connectivity index (χ4n) is 1.61. The topological polar surface area (TPSA) is 44.2 Å². The van der Waals surface area contributed by atoms with Gasteiger partial charge in [-0.3, -0.25) is 0 Å². The summed E-state index contributed by atoms with van der Waals surface area (Å²) in [6.07, 6.45) is 0. The summed E-state index contributed by atoms with van der Waals surface area (Å²) in [5, 5.41) is 8.13. The highest BCUT2D eigenvalue weighted by Crippen LogP contribution is 2.32. The van der Waals surface area contributed by atoms with Crippen LogP contribution in [0.1, 0.15) is 5.69 Å². The lowest BCUT2D eigenvalue weighted by Gasteiger charge is -2.08. The van der Waals surface area contributed by atoms with E-state index in [2.05, 4.69) is 10.2 Å². The molecular formula is C13H12ClFN2O2. The van der Waals surface area contributed by atoms with Crippen molar-refractivity contribution in [3.05, 3.63) is 40.8 Å². The van der Waals surface area contributed by atoms with Gasteiger partial charge in [-0.25, -0.2) is 4.39 Å². The summed E-state index contributed by atoms with van der Waals surface area (Å²) in [5.74, 6) is -0.0829. The molecule has 4 nitrogen and oxygen atoms in total. The van der Waals surface area contributed by atoms with Gasteiger partial charge in [0, 0.05) is 12.7 Å². The van der Waals surface area contributed by atoms with Crippen molar-refractivity contribution in [3.63, 3.8) is 0 Å². The van der Waals surface area contributed by atoms with Crippen molar-refractivity contribution in [1.29, 1.82) is 0 Å². The van der Waals surface area contributed by atoms with Crippen LogP contribution in [-0.4, -0.2) is 24.4 Å². The number of methoxy groups -OCH3 is 2. The van der Waals surface area contributed by atoms with E-state index in [1.165, 1.54) is 19.2 Å². The molecule has 0 aliphatic heterocycles. The van der Waals surface area contributed by atoms with Gasteiger partial charge in [0.25, 0.3) is 0 Å². The van der Waals surface area contributed by atoms with Gasteiger partial charge in [-0.15, -0.1) is 0 Å². The number of rotatable bonds is 4. The first-order valence-electron chi connectivity index (χ1n) is 5.50.